The largest absolute Gasteiger partial charge is 0.490 e. The molecule has 11 nitrogen and oxygen atoms in total. The topological polar surface area (TPSA) is 149 Å². The quantitative estimate of drug-likeness (QED) is 0.313. The number of pyridine rings is 3. The maximum Gasteiger partial charge on any atom is 0.490 e. The molecular formula is C26H24F4N8O3. The zero-order valence-electron chi connectivity index (χ0n) is 22.0. The van der Waals surface area contributed by atoms with Crippen molar-refractivity contribution in [3.05, 3.63) is 59.6 Å². The zero-order chi connectivity index (χ0) is 30.1. The molecule has 2 atom stereocenters. The average Bonchev–Trinajstić information content (AvgIpc) is 3.27. The molecule has 0 aliphatic carbocycles. The molecule has 0 unspecified atom stereocenters. The van der Waals surface area contributed by atoms with Crippen LogP contribution in [0.1, 0.15) is 35.5 Å². The molecule has 5 heterocycles. The number of hydrogen-bond acceptors (Lipinski definition) is 8. The highest BCUT2D eigenvalue weighted by Gasteiger charge is 2.38. The van der Waals surface area contributed by atoms with Crippen molar-refractivity contribution in [1.29, 1.82) is 5.26 Å². The van der Waals surface area contributed by atoms with E-state index < -0.39 is 23.9 Å². The lowest BCUT2D eigenvalue weighted by Gasteiger charge is -2.37. The molecule has 214 valence electrons. The van der Waals surface area contributed by atoms with E-state index in [0.29, 0.717) is 28.0 Å². The molecule has 0 bridgehead atoms. The first-order valence-corrected chi connectivity index (χ1v) is 12.2. The lowest BCUT2D eigenvalue weighted by atomic mass is 10.1. The van der Waals surface area contributed by atoms with Crippen molar-refractivity contribution in [3.8, 4) is 6.07 Å². The van der Waals surface area contributed by atoms with Crippen LogP contribution >= 0.6 is 0 Å². The summed E-state index contributed by atoms with van der Waals surface area (Å²) >= 11 is 0. The predicted molar refractivity (Wildman–Crippen MR) is 140 cm³/mol. The van der Waals surface area contributed by atoms with Crippen molar-refractivity contribution in [1.82, 2.24) is 24.7 Å². The van der Waals surface area contributed by atoms with E-state index in [2.05, 4.69) is 50.4 Å². The van der Waals surface area contributed by atoms with Gasteiger partial charge in [-0.15, -0.1) is 0 Å². The molecule has 1 aliphatic rings. The van der Waals surface area contributed by atoms with E-state index in [1.54, 1.807) is 25.4 Å². The van der Waals surface area contributed by atoms with E-state index in [0.717, 1.165) is 13.1 Å². The number of imidazole rings is 1. The Morgan fingerprint density at radius 3 is 2.41 bits per heavy atom. The van der Waals surface area contributed by atoms with E-state index in [1.807, 2.05) is 0 Å². The summed E-state index contributed by atoms with van der Waals surface area (Å²) in [5.41, 5.74) is 2.19. The van der Waals surface area contributed by atoms with E-state index in [-0.39, 0.29) is 29.0 Å². The van der Waals surface area contributed by atoms with Crippen LogP contribution in [-0.4, -0.2) is 67.7 Å². The van der Waals surface area contributed by atoms with Crippen molar-refractivity contribution in [2.45, 2.75) is 39.0 Å². The lowest BCUT2D eigenvalue weighted by molar-refractivity contribution is -0.192. The predicted octanol–water partition coefficient (Wildman–Crippen LogP) is 3.67. The molecule has 3 N–H and O–H groups in total. The number of fused-ring (bicyclic) bond motifs is 2. The Bertz CT molecular complexity index is 1670. The maximum atomic E-state index is 14.5. The number of carbonyl (C=O) groups excluding carboxylic acids is 1. The third-order valence-corrected chi connectivity index (χ3v) is 6.06. The van der Waals surface area contributed by atoms with Gasteiger partial charge in [0, 0.05) is 61.4 Å². The molecule has 0 aromatic carbocycles. The Kier molecular flexibility index (Phi) is 8.06. The van der Waals surface area contributed by atoms with Gasteiger partial charge in [0.1, 0.15) is 11.9 Å². The number of piperazine rings is 1. The molecule has 5 rings (SSSR count). The number of nitrogens with zero attached hydrogens (tertiary/aromatic N) is 6. The molecule has 1 aliphatic heterocycles. The van der Waals surface area contributed by atoms with Gasteiger partial charge in [0.05, 0.1) is 28.0 Å². The monoisotopic (exact) mass is 572 g/mol. The third kappa shape index (κ3) is 6.49. The number of alkyl halides is 3. The van der Waals surface area contributed by atoms with Crippen molar-refractivity contribution in [2.24, 2.45) is 0 Å². The van der Waals surface area contributed by atoms with Crippen LogP contribution in [0.2, 0.25) is 0 Å². The van der Waals surface area contributed by atoms with Crippen LogP contribution in [0, 0.1) is 24.1 Å². The van der Waals surface area contributed by atoms with E-state index >= 15 is 0 Å². The summed E-state index contributed by atoms with van der Waals surface area (Å²) in [6.07, 6.45) is 1.12. The standard InChI is InChI=1S/C24H23FN8O.C2HF3O2/c1-13-9-32(10-14(2)29-13)22-18-4-16(6-26)7-27-21(18)19(8-28-22)24(34)31-17-5-20(25)23-30-15(3)11-33(23)12-17;3-2(4,5)1(6)7/h4-5,7-8,11-14,29H,9-10H2,1-3H3,(H,31,34);(H,6,7)/t13-,14+;. The van der Waals surface area contributed by atoms with Gasteiger partial charge in [0.15, 0.2) is 11.5 Å². The summed E-state index contributed by atoms with van der Waals surface area (Å²) in [5, 5.41) is 23.4. The first-order chi connectivity index (χ1) is 19.3. The summed E-state index contributed by atoms with van der Waals surface area (Å²) in [5.74, 6) is -3.09. The Morgan fingerprint density at radius 1 is 1.15 bits per heavy atom. The van der Waals surface area contributed by atoms with Gasteiger partial charge < -0.3 is 25.0 Å². The lowest BCUT2D eigenvalue weighted by Crippen LogP contribution is -2.54. The van der Waals surface area contributed by atoms with Gasteiger partial charge in [-0.2, -0.15) is 18.4 Å². The second kappa shape index (κ2) is 11.3. The molecule has 4 aromatic rings. The number of aryl methyl sites for hydroxylation is 1. The second-order valence-corrected chi connectivity index (χ2v) is 9.55. The Hall–Kier alpha value is -4.84. The molecular weight excluding hydrogens is 548 g/mol. The molecule has 41 heavy (non-hydrogen) atoms. The minimum atomic E-state index is -5.08. The minimum Gasteiger partial charge on any atom is -0.475 e. The SMILES string of the molecule is Cc1cn2cc(NC(=O)c3cnc(N4C[C@@H](C)N[C@@H](C)C4)c4cc(C#N)cnc34)cc(F)c2n1.O=C(O)C(F)(F)F. The fourth-order valence-electron chi connectivity index (χ4n) is 4.53. The van der Waals surface area contributed by atoms with Crippen LogP contribution in [0.25, 0.3) is 16.6 Å². The summed E-state index contributed by atoms with van der Waals surface area (Å²) in [7, 11) is 0. The number of aromatic nitrogens is 4. The molecule has 1 fully saturated rings. The minimum absolute atomic E-state index is 0.192. The van der Waals surface area contributed by atoms with Crippen molar-refractivity contribution < 1.29 is 32.3 Å². The zero-order valence-corrected chi connectivity index (χ0v) is 22.0. The third-order valence-electron chi connectivity index (χ3n) is 6.06. The Labute approximate surface area is 230 Å². The molecule has 0 spiro atoms. The van der Waals surface area contributed by atoms with Crippen LogP contribution in [-0.2, 0) is 4.79 Å². The van der Waals surface area contributed by atoms with Crippen molar-refractivity contribution >= 4 is 39.9 Å². The van der Waals surface area contributed by atoms with Gasteiger partial charge in [-0.05, 0) is 26.8 Å². The number of hydrogen-bond donors (Lipinski definition) is 3. The summed E-state index contributed by atoms with van der Waals surface area (Å²) in [6, 6.07) is 5.56. The molecule has 4 aromatic heterocycles. The molecule has 0 saturated carbocycles. The van der Waals surface area contributed by atoms with Crippen molar-refractivity contribution in [2.75, 3.05) is 23.3 Å². The Morgan fingerprint density at radius 2 is 1.80 bits per heavy atom. The number of nitriles is 1. The highest BCUT2D eigenvalue weighted by atomic mass is 19.4. The normalized spacial score (nSPS) is 17.1. The maximum absolute atomic E-state index is 14.5. The smallest absolute Gasteiger partial charge is 0.475 e. The first-order valence-electron chi connectivity index (χ1n) is 12.2. The number of amides is 1. The number of anilines is 2. The van der Waals surface area contributed by atoms with E-state index in [9.17, 15) is 27.6 Å². The van der Waals surface area contributed by atoms with Crippen LogP contribution in [0.3, 0.4) is 0 Å². The number of carbonyl (C=O) groups is 2. The number of aliphatic carboxylic acids is 1. The molecule has 1 amide bonds. The average molecular weight is 573 g/mol. The van der Waals surface area contributed by atoms with Crippen LogP contribution in [0.4, 0.5) is 29.1 Å². The second-order valence-electron chi connectivity index (χ2n) is 9.55. The summed E-state index contributed by atoms with van der Waals surface area (Å²) in [4.78, 5) is 37.4. The first kappa shape index (κ1) is 29.2. The molecule has 0 radical (unpaired) electrons. The van der Waals surface area contributed by atoms with Gasteiger partial charge in [-0.3, -0.25) is 9.78 Å². The van der Waals surface area contributed by atoms with Gasteiger partial charge in [-0.25, -0.2) is 19.2 Å². The molecule has 1 saturated heterocycles. The van der Waals surface area contributed by atoms with Gasteiger partial charge in [-0.1, -0.05) is 0 Å². The highest BCUT2D eigenvalue weighted by molar-refractivity contribution is 6.13. The number of halogens is 4. The number of carboxylic acid groups (broad SMARTS) is 1. The number of rotatable bonds is 3. The van der Waals surface area contributed by atoms with E-state index in [4.69, 9.17) is 9.90 Å². The number of carboxylic acids is 1. The van der Waals surface area contributed by atoms with Gasteiger partial charge >= 0.3 is 12.1 Å². The van der Waals surface area contributed by atoms with Crippen LogP contribution in [0.5, 0.6) is 0 Å². The summed E-state index contributed by atoms with van der Waals surface area (Å²) in [6.45, 7) is 7.44. The van der Waals surface area contributed by atoms with Gasteiger partial charge in [0.25, 0.3) is 5.91 Å². The van der Waals surface area contributed by atoms with E-state index in [1.165, 1.54) is 22.9 Å². The fraction of sp³-hybridized carbons (Fsp3) is 0.308. The van der Waals surface area contributed by atoms with Crippen LogP contribution in [0.15, 0.2) is 36.9 Å². The highest BCUT2D eigenvalue weighted by Crippen LogP contribution is 2.29. The summed E-state index contributed by atoms with van der Waals surface area (Å²) < 4.78 is 47.7. The van der Waals surface area contributed by atoms with Gasteiger partial charge in [0.2, 0.25) is 0 Å². The van der Waals surface area contributed by atoms with Crippen LogP contribution < -0.4 is 15.5 Å². The Balaban J connectivity index is 0.000000493. The fourth-order valence-corrected chi connectivity index (χ4v) is 4.53. The molecule has 15 heteroatoms. The number of nitrogens with one attached hydrogen (secondary N) is 2. The van der Waals surface area contributed by atoms with Crippen molar-refractivity contribution in [3.63, 3.8) is 0 Å².